The highest BCUT2D eigenvalue weighted by atomic mass is 16.3. The lowest BCUT2D eigenvalue weighted by Crippen LogP contribution is -2.37. The number of nitrogens with two attached hydrogens (primary N) is 1. The zero-order valence-corrected chi connectivity index (χ0v) is 12.3. The van der Waals surface area contributed by atoms with Crippen LogP contribution >= 0.6 is 0 Å². The van der Waals surface area contributed by atoms with E-state index in [2.05, 4.69) is 30.7 Å². The molecule has 1 aliphatic heterocycles. The maximum atomic E-state index is 9.60. The van der Waals surface area contributed by atoms with Crippen molar-refractivity contribution in [1.29, 1.82) is 0 Å². The van der Waals surface area contributed by atoms with E-state index >= 15 is 0 Å². The van der Waals surface area contributed by atoms with Gasteiger partial charge in [0.15, 0.2) is 0 Å². The summed E-state index contributed by atoms with van der Waals surface area (Å²) >= 11 is 0. The lowest BCUT2D eigenvalue weighted by Gasteiger charge is -2.32. The molecule has 0 unspecified atom stereocenters. The molecule has 0 atom stereocenters. The average molecular weight is 264 g/mol. The molecule has 1 aromatic rings. The van der Waals surface area contributed by atoms with Gasteiger partial charge in [-0.15, -0.1) is 0 Å². The van der Waals surface area contributed by atoms with Crippen molar-refractivity contribution in [3.05, 3.63) is 11.4 Å². The van der Waals surface area contributed by atoms with Crippen molar-refractivity contribution in [2.45, 2.75) is 52.1 Å². The summed E-state index contributed by atoms with van der Waals surface area (Å²) in [4.78, 5) is 11.3. The molecule has 1 aromatic heterocycles. The quantitative estimate of drug-likeness (QED) is 0.806. The van der Waals surface area contributed by atoms with Gasteiger partial charge in [-0.1, -0.05) is 20.8 Å². The van der Waals surface area contributed by atoms with E-state index in [0.717, 1.165) is 43.1 Å². The minimum atomic E-state index is -0.183. The first-order valence-corrected chi connectivity index (χ1v) is 6.86. The topological polar surface area (TPSA) is 75.3 Å². The van der Waals surface area contributed by atoms with Gasteiger partial charge in [-0.3, -0.25) is 0 Å². The molecule has 0 spiro atoms. The Labute approximate surface area is 114 Å². The molecular formula is C14H24N4O. The van der Waals surface area contributed by atoms with Crippen LogP contribution in [-0.4, -0.2) is 34.3 Å². The molecule has 106 valence electrons. The summed E-state index contributed by atoms with van der Waals surface area (Å²) in [5.41, 5.74) is 6.84. The van der Waals surface area contributed by atoms with Crippen molar-refractivity contribution in [1.82, 2.24) is 9.97 Å². The lowest BCUT2D eigenvalue weighted by atomic mass is 9.95. The lowest BCUT2D eigenvalue weighted by molar-refractivity contribution is 0.145. The van der Waals surface area contributed by atoms with E-state index in [1.54, 1.807) is 0 Å². The number of piperidine rings is 1. The molecule has 0 bridgehead atoms. The van der Waals surface area contributed by atoms with Gasteiger partial charge in [0.1, 0.15) is 17.5 Å². The van der Waals surface area contributed by atoms with Crippen LogP contribution in [0.15, 0.2) is 0 Å². The zero-order valence-electron chi connectivity index (χ0n) is 12.3. The molecule has 0 aliphatic carbocycles. The molecule has 1 fully saturated rings. The van der Waals surface area contributed by atoms with Crippen LogP contribution in [0.25, 0.3) is 0 Å². The van der Waals surface area contributed by atoms with Gasteiger partial charge in [0.05, 0.1) is 6.10 Å². The number of rotatable bonds is 1. The molecule has 1 saturated heterocycles. The molecule has 5 nitrogen and oxygen atoms in total. The van der Waals surface area contributed by atoms with Crippen molar-refractivity contribution in [3.8, 4) is 0 Å². The molecule has 0 saturated carbocycles. The van der Waals surface area contributed by atoms with E-state index in [4.69, 9.17) is 10.7 Å². The molecule has 2 rings (SSSR count). The fourth-order valence-electron chi connectivity index (χ4n) is 2.24. The van der Waals surface area contributed by atoms with Gasteiger partial charge in [-0.2, -0.15) is 0 Å². The normalized spacial score (nSPS) is 17.8. The van der Waals surface area contributed by atoms with Crippen LogP contribution in [0, 0.1) is 6.92 Å². The number of aliphatic hydroxyl groups is 1. The Bertz CT molecular complexity index is 459. The van der Waals surface area contributed by atoms with Gasteiger partial charge in [-0.25, -0.2) is 9.97 Å². The Morgan fingerprint density at radius 1 is 1.21 bits per heavy atom. The van der Waals surface area contributed by atoms with E-state index in [9.17, 15) is 5.11 Å². The summed E-state index contributed by atoms with van der Waals surface area (Å²) in [5, 5.41) is 9.60. The van der Waals surface area contributed by atoms with E-state index < -0.39 is 0 Å². The summed E-state index contributed by atoms with van der Waals surface area (Å²) < 4.78 is 0. The summed E-state index contributed by atoms with van der Waals surface area (Å²) in [6.45, 7) is 9.86. The first-order valence-electron chi connectivity index (χ1n) is 6.86. The third-order valence-electron chi connectivity index (χ3n) is 3.59. The highest BCUT2D eigenvalue weighted by Gasteiger charge is 2.24. The molecule has 0 aromatic carbocycles. The van der Waals surface area contributed by atoms with Crippen LogP contribution in [0.2, 0.25) is 0 Å². The number of hydrogen-bond acceptors (Lipinski definition) is 5. The van der Waals surface area contributed by atoms with Crippen molar-refractivity contribution >= 4 is 11.6 Å². The maximum absolute atomic E-state index is 9.60. The second kappa shape index (κ2) is 4.96. The second-order valence-electron chi connectivity index (χ2n) is 6.35. The highest BCUT2D eigenvalue weighted by molar-refractivity contribution is 5.57. The summed E-state index contributed by atoms with van der Waals surface area (Å²) in [5.74, 6) is 2.25. The Morgan fingerprint density at radius 2 is 1.79 bits per heavy atom. The van der Waals surface area contributed by atoms with Crippen molar-refractivity contribution in [2.75, 3.05) is 23.7 Å². The number of anilines is 2. The van der Waals surface area contributed by atoms with Crippen LogP contribution in [0.4, 0.5) is 11.6 Å². The summed E-state index contributed by atoms with van der Waals surface area (Å²) in [6, 6.07) is 0. The van der Waals surface area contributed by atoms with Crippen molar-refractivity contribution in [3.63, 3.8) is 0 Å². The van der Waals surface area contributed by atoms with E-state index in [0.29, 0.717) is 5.82 Å². The SMILES string of the molecule is Cc1c(N)nc(C(C)(C)C)nc1N1CCC(O)CC1. The largest absolute Gasteiger partial charge is 0.393 e. The smallest absolute Gasteiger partial charge is 0.138 e. The van der Waals surface area contributed by atoms with E-state index in [1.807, 2.05) is 6.92 Å². The van der Waals surface area contributed by atoms with Gasteiger partial charge < -0.3 is 15.7 Å². The Kier molecular flexibility index (Phi) is 3.67. The van der Waals surface area contributed by atoms with E-state index in [-0.39, 0.29) is 11.5 Å². The monoisotopic (exact) mass is 264 g/mol. The van der Waals surface area contributed by atoms with Gasteiger partial charge in [-0.05, 0) is 19.8 Å². The van der Waals surface area contributed by atoms with E-state index in [1.165, 1.54) is 0 Å². The number of nitrogen functional groups attached to an aromatic ring is 1. The Hall–Kier alpha value is -1.36. The van der Waals surface area contributed by atoms with Crippen LogP contribution in [0.3, 0.4) is 0 Å². The number of hydrogen-bond donors (Lipinski definition) is 2. The van der Waals surface area contributed by atoms with Gasteiger partial charge >= 0.3 is 0 Å². The van der Waals surface area contributed by atoms with Crippen LogP contribution < -0.4 is 10.6 Å². The molecule has 0 radical (unpaired) electrons. The fourth-order valence-corrected chi connectivity index (χ4v) is 2.24. The molecule has 5 heteroatoms. The molecule has 1 aliphatic rings. The number of aliphatic hydroxyl groups excluding tert-OH is 1. The second-order valence-corrected chi connectivity index (χ2v) is 6.35. The first-order chi connectivity index (χ1) is 8.79. The van der Waals surface area contributed by atoms with Crippen LogP contribution in [-0.2, 0) is 5.41 Å². The molecule has 3 N–H and O–H groups in total. The Morgan fingerprint density at radius 3 is 2.32 bits per heavy atom. The van der Waals surface area contributed by atoms with Crippen molar-refractivity contribution < 1.29 is 5.11 Å². The predicted molar refractivity (Wildman–Crippen MR) is 77.3 cm³/mol. The summed E-state index contributed by atoms with van der Waals surface area (Å²) in [7, 11) is 0. The standard InChI is InChI=1S/C14H24N4O/c1-9-11(15)16-13(14(2,3)4)17-12(9)18-7-5-10(19)6-8-18/h10,19H,5-8H2,1-4H3,(H2,15,16,17). The minimum Gasteiger partial charge on any atom is -0.393 e. The predicted octanol–water partition coefficient (Wildman–Crippen LogP) is 1.63. The first kappa shape index (κ1) is 14.1. The summed E-state index contributed by atoms with van der Waals surface area (Å²) in [6.07, 6.45) is 1.39. The molecule has 2 heterocycles. The number of nitrogens with zero attached hydrogens (tertiary/aromatic N) is 3. The maximum Gasteiger partial charge on any atom is 0.138 e. The molecular weight excluding hydrogens is 240 g/mol. The molecule has 19 heavy (non-hydrogen) atoms. The minimum absolute atomic E-state index is 0.119. The van der Waals surface area contributed by atoms with Gasteiger partial charge in [0.2, 0.25) is 0 Å². The fraction of sp³-hybridized carbons (Fsp3) is 0.714. The molecule has 0 amide bonds. The van der Waals surface area contributed by atoms with Crippen LogP contribution in [0.1, 0.15) is 45.0 Å². The number of aromatic nitrogens is 2. The third kappa shape index (κ3) is 2.97. The average Bonchev–Trinajstić information content (AvgIpc) is 2.32. The van der Waals surface area contributed by atoms with Gasteiger partial charge in [0, 0.05) is 24.1 Å². The van der Waals surface area contributed by atoms with Crippen LogP contribution in [0.5, 0.6) is 0 Å². The van der Waals surface area contributed by atoms with Gasteiger partial charge in [0.25, 0.3) is 0 Å². The highest BCUT2D eigenvalue weighted by Crippen LogP contribution is 2.28. The Balaban J connectivity index is 2.36. The van der Waals surface area contributed by atoms with Crippen molar-refractivity contribution in [2.24, 2.45) is 0 Å². The zero-order chi connectivity index (χ0) is 14.2. The third-order valence-corrected chi connectivity index (χ3v) is 3.59.